The fourth-order valence-electron chi connectivity index (χ4n) is 3.26. The number of hydrogen-bond donors (Lipinski definition) is 2. The van der Waals surface area contributed by atoms with Crippen LogP contribution in [0.4, 0.5) is 11.6 Å². The van der Waals surface area contributed by atoms with Gasteiger partial charge in [-0.3, -0.25) is 9.59 Å². The molecule has 1 aromatic carbocycles. The lowest BCUT2D eigenvalue weighted by atomic mass is 9.90. The van der Waals surface area contributed by atoms with Crippen molar-refractivity contribution in [3.05, 3.63) is 47.3 Å². The number of hydrogen-bond acceptors (Lipinski definition) is 5. The molecule has 1 aliphatic heterocycles. The van der Waals surface area contributed by atoms with Gasteiger partial charge in [-0.25, -0.2) is 9.97 Å². The summed E-state index contributed by atoms with van der Waals surface area (Å²) in [6, 6.07) is 5.05. The van der Waals surface area contributed by atoms with Crippen LogP contribution >= 0.6 is 0 Å². The third-order valence-electron chi connectivity index (χ3n) is 4.39. The SMILES string of the molecule is CC(=O)N1c2ccc(C(N)=O)cc2C(Nc2ncc(C)cn2)C[C@@H]1C. The highest BCUT2D eigenvalue weighted by Crippen LogP contribution is 2.39. The van der Waals surface area contributed by atoms with Gasteiger partial charge in [0.05, 0.1) is 6.04 Å². The van der Waals surface area contributed by atoms with Crippen molar-refractivity contribution in [2.45, 2.75) is 39.3 Å². The third kappa shape index (κ3) is 3.31. The van der Waals surface area contributed by atoms with Gasteiger partial charge in [-0.15, -0.1) is 0 Å². The normalized spacial score (nSPS) is 19.2. The van der Waals surface area contributed by atoms with Crippen molar-refractivity contribution in [2.24, 2.45) is 5.73 Å². The van der Waals surface area contributed by atoms with Gasteiger partial charge in [0.25, 0.3) is 0 Å². The highest BCUT2D eigenvalue weighted by atomic mass is 16.2. The van der Waals surface area contributed by atoms with Crippen LogP contribution in [0.5, 0.6) is 0 Å². The van der Waals surface area contributed by atoms with E-state index < -0.39 is 5.91 Å². The molecule has 0 saturated heterocycles. The molecule has 0 fully saturated rings. The van der Waals surface area contributed by atoms with Gasteiger partial charge in [-0.05, 0) is 49.6 Å². The zero-order valence-corrected chi connectivity index (χ0v) is 14.5. The number of amides is 2. The monoisotopic (exact) mass is 339 g/mol. The van der Waals surface area contributed by atoms with E-state index in [1.807, 2.05) is 13.8 Å². The molecule has 1 aliphatic rings. The Hall–Kier alpha value is -2.96. The first-order valence-corrected chi connectivity index (χ1v) is 8.15. The van der Waals surface area contributed by atoms with Crippen LogP contribution in [0.3, 0.4) is 0 Å². The Bertz CT molecular complexity index is 819. The smallest absolute Gasteiger partial charge is 0.248 e. The molecule has 0 radical (unpaired) electrons. The molecule has 130 valence electrons. The Morgan fingerprint density at radius 2 is 1.96 bits per heavy atom. The van der Waals surface area contributed by atoms with Crippen LogP contribution in [0.15, 0.2) is 30.6 Å². The largest absolute Gasteiger partial charge is 0.366 e. The second-order valence-corrected chi connectivity index (χ2v) is 6.39. The summed E-state index contributed by atoms with van der Waals surface area (Å²) in [6.45, 7) is 5.46. The molecule has 0 aliphatic carbocycles. The van der Waals surface area contributed by atoms with E-state index in [0.717, 1.165) is 16.8 Å². The summed E-state index contributed by atoms with van der Waals surface area (Å²) in [5, 5.41) is 3.31. The molecule has 3 rings (SSSR count). The maximum atomic E-state index is 12.1. The summed E-state index contributed by atoms with van der Waals surface area (Å²) < 4.78 is 0. The van der Waals surface area contributed by atoms with Crippen molar-refractivity contribution in [2.75, 3.05) is 10.2 Å². The molecular weight excluding hydrogens is 318 g/mol. The summed E-state index contributed by atoms with van der Waals surface area (Å²) >= 11 is 0. The molecule has 2 amide bonds. The Morgan fingerprint density at radius 3 is 2.56 bits per heavy atom. The lowest BCUT2D eigenvalue weighted by Crippen LogP contribution is -2.43. The van der Waals surface area contributed by atoms with E-state index in [1.54, 1.807) is 42.4 Å². The number of rotatable bonds is 3. The second-order valence-electron chi connectivity index (χ2n) is 6.39. The number of fused-ring (bicyclic) bond motifs is 1. The van der Waals surface area contributed by atoms with Gasteiger partial charge in [0.1, 0.15) is 0 Å². The molecule has 1 aromatic heterocycles. The zero-order valence-electron chi connectivity index (χ0n) is 14.5. The molecule has 2 aromatic rings. The quantitative estimate of drug-likeness (QED) is 0.892. The molecule has 3 N–H and O–H groups in total. The van der Waals surface area contributed by atoms with Crippen LogP contribution in [-0.2, 0) is 4.79 Å². The predicted octanol–water partition coefficient (Wildman–Crippen LogP) is 2.18. The van der Waals surface area contributed by atoms with Gasteiger partial charge in [0, 0.05) is 36.6 Å². The number of nitrogens with two attached hydrogens (primary N) is 1. The summed E-state index contributed by atoms with van der Waals surface area (Å²) in [6.07, 6.45) is 4.15. The fraction of sp³-hybridized carbons (Fsp3) is 0.333. The molecule has 0 spiro atoms. The van der Waals surface area contributed by atoms with E-state index in [0.29, 0.717) is 17.9 Å². The minimum Gasteiger partial charge on any atom is -0.366 e. The average molecular weight is 339 g/mol. The van der Waals surface area contributed by atoms with Gasteiger partial charge in [0.15, 0.2) is 0 Å². The number of nitrogens with zero attached hydrogens (tertiary/aromatic N) is 3. The molecule has 2 heterocycles. The van der Waals surface area contributed by atoms with E-state index in [9.17, 15) is 9.59 Å². The van der Waals surface area contributed by atoms with Crippen LogP contribution in [0, 0.1) is 6.92 Å². The number of aromatic nitrogens is 2. The van der Waals surface area contributed by atoms with E-state index >= 15 is 0 Å². The van der Waals surface area contributed by atoms with Crippen molar-refractivity contribution < 1.29 is 9.59 Å². The van der Waals surface area contributed by atoms with Crippen LogP contribution < -0.4 is 16.0 Å². The highest BCUT2D eigenvalue weighted by molar-refractivity contribution is 5.97. The number of aryl methyl sites for hydroxylation is 1. The minimum atomic E-state index is -0.499. The first-order valence-electron chi connectivity index (χ1n) is 8.15. The molecule has 7 heteroatoms. The van der Waals surface area contributed by atoms with Crippen LogP contribution in [0.1, 0.15) is 47.8 Å². The molecule has 0 bridgehead atoms. The van der Waals surface area contributed by atoms with E-state index in [-0.39, 0.29) is 18.0 Å². The van der Waals surface area contributed by atoms with Crippen molar-refractivity contribution in [1.82, 2.24) is 9.97 Å². The summed E-state index contributed by atoms with van der Waals surface area (Å²) in [7, 11) is 0. The Morgan fingerprint density at radius 1 is 1.28 bits per heavy atom. The van der Waals surface area contributed by atoms with Gasteiger partial charge < -0.3 is 16.0 Å². The summed E-state index contributed by atoms with van der Waals surface area (Å²) in [5.74, 6) is -0.0266. The van der Waals surface area contributed by atoms with Crippen molar-refractivity contribution >= 4 is 23.5 Å². The fourth-order valence-corrected chi connectivity index (χ4v) is 3.26. The maximum absolute atomic E-state index is 12.1. The summed E-state index contributed by atoms with van der Waals surface area (Å²) in [4.78, 5) is 34.0. The number of benzene rings is 1. The lowest BCUT2D eigenvalue weighted by Gasteiger charge is -2.39. The van der Waals surface area contributed by atoms with Crippen molar-refractivity contribution in [1.29, 1.82) is 0 Å². The molecule has 25 heavy (non-hydrogen) atoms. The average Bonchev–Trinajstić information content (AvgIpc) is 2.56. The van der Waals surface area contributed by atoms with Crippen LogP contribution in [0.25, 0.3) is 0 Å². The second kappa shape index (κ2) is 6.51. The number of carbonyl (C=O) groups is 2. The lowest BCUT2D eigenvalue weighted by molar-refractivity contribution is -0.117. The standard InChI is InChI=1S/C18H21N5O2/c1-10-8-20-18(21-9-10)22-15-6-11(2)23(12(3)24)16-5-4-13(17(19)25)7-14(15)16/h4-5,7-9,11,15H,6H2,1-3H3,(H2,19,25)(H,20,21,22)/t11-,15?/m0/s1. The summed E-state index contributed by atoms with van der Waals surface area (Å²) in [5.41, 5.74) is 8.42. The van der Waals surface area contributed by atoms with E-state index in [2.05, 4.69) is 15.3 Å². The number of primary amides is 1. The Balaban J connectivity index is 2.03. The Kier molecular flexibility index (Phi) is 4.39. The molecule has 1 unspecified atom stereocenters. The topological polar surface area (TPSA) is 101 Å². The van der Waals surface area contributed by atoms with E-state index in [1.165, 1.54) is 0 Å². The Labute approximate surface area is 146 Å². The molecule has 2 atom stereocenters. The number of nitrogens with one attached hydrogen (secondary N) is 1. The predicted molar refractivity (Wildman–Crippen MR) is 95.3 cm³/mol. The first kappa shape index (κ1) is 16.9. The highest BCUT2D eigenvalue weighted by Gasteiger charge is 2.33. The van der Waals surface area contributed by atoms with Crippen molar-refractivity contribution in [3.63, 3.8) is 0 Å². The molecule has 7 nitrogen and oxygen atoms in total. The first-order chi connectivity index (χ1) is 11.9. The number of anilines is 2. The van der Waals surface area contributed by atoms with Gasteiger partial charge in [-0.1, -0.05) is 0 Å². The molecular formula is C18H21N5O2. The van der Waals surface area contributed by atoms with Crippen LogP contribution in [-0.4, -0.2) is 27.8 Å². The van der Waals surface area contributed by atoms with Crippen LogP contribution in [0.2, 0.25) is 0 Å². The van der Waals surface area contributed by atoms with E-state index in [4.69, 9.17) is 5.73 Å². The molecule has 0 saturated carbocycles. The maximum Gasteiger partial charge on any atom is 0.248 e. The van der Waals surface area contributed by atoms with Crippen molar-refractivity contribution in [3.8, 4) is 0 Å². The zero-order chi connectivity index (χ0) is 18.1. The van der Waals surface area contributed by atoms with Gasteiger partial charge in [0.2, 0.25) is 17.8 Å². The van der Waals surface area contributed by atoms with Gasteiger partial charge in [-0.2, -0.15) is 0 Å². The minimum absolute atomic E-state index is 0.00683. The number of carbonyl (C=O) groups excluding carboxylic acids is 2. The third-order valence-corrected chi connectivity index (χ3v) is 4.39. The van der Waals surface area contributed by atoms with Gasteiger partial charge >= 0.3 is 0 Å².